The first-order chi connectivity index (χ1) is 38.3. The molecule has 1 saturated heterocycles. The molecule has 0 aromatic heterocycles. The fourth-order valence-corrected chi connectivity index (χ4v) is 9.88. The van der Waals surface area contributed by atoms with Crippen molar-refractivity contribution in [2.24, 2.45) is 0 Å². The highest BCUT2D eigenvalue weighted by Gasteiger charge is 2.44. The molecule has 1 amide bonds. The first kappa shape index (κ1) is 73.1. The Hall–Kier alpha value is -2.89. The summed E-state index contributed by atoms with van der Waals surface area (Å²) in [5.41, 5.74) is 0. The van der Waals surface area contributed by atoms with Gasteiger partial charge in [-0.1, -0.05) is 291 Å². The molecule has 1 heterocycles. The molecular formula is C69H121NO8. The van der Waals surface area contributed by atoms with E-state index < -0.39 is 49.5 Å². The quantitative estimate of drug-likeness (QED) is 0.0261. The molecule has 1 aliphatic rings. The topological polar surface area (TPSA) is 149 Å². The zero-order valence-electron chi connectivity index (χ0n) is 50.1. The number of hydrogen-bond acceptors (Lipinski definition) is 8. The molecular weight excluding hydrogens is 971 g/mol. The van der Waals surface area contributed by atoms with E-state index in [1.807, 2.05) is 0 Å². The molecule has 0 bridgehead atoms. The molecule has 6 N–H and O–H groups in total. The SMILES string of the molecule is CC/C=C\C/C=C\C/C=C\C/C=C\C/C=C\C/C=C\C/C=C\C/C=C\CCCCCCCCC(=O)NC(COC1OC(CO)C(O)C(O)C1O)C(O)CCCCCCCCCCCCCCCCCCCCCCCCCC. The van der Waals surface area contributed by atoms with Crippen molar-refractivity contribution in [3.63, 3.8) is 0 Å². The maximum atomic E-state index is 13.1. The van der Waals surface area contributed by atoms with Crippen LogP contribution in [-0.2, 0) is 14.3 Å². The molecule has 0 saturated carbocycles. The maximum Gasteiger partial charge on any atom is 0.220 e. The number of hydrogen-bond donors (Lipinski definition) is 6. The van der Waals surface area contributed by atoms with Crippen LogP contribution in [0, 0.1) is 0 Å². The lowest BCUT2D eigenvalue weighted by molar-refractivity contribution is -0.302. The first-order valence-electron chi connectivity index (χ1n) is 32.4. The Bertz CT molecular complexity index is 1550. The number of nitrogens with one attached hydrogen (secondary N) is 1. The van der Waals surface area contributed by atoms with Gasteiger partial charge in [0.2, 0.25) is 5.91 Å². The fourth-order valence-electron chi connectivity index (χ4n) is 9.88. The Labute approximate surface area is 479 Å². The van der Waals surface area contributed by atoms with Gasteiger partial charge in [0.25, 0.3) is 0 Å². The van der Waals surface area contributed by atoms with E-state index in [0.717, 1.165) is 116 Å². The Balaban J connectivity index is 2.20. The minimum atomic E-state index is -1.56. The molecule has 7 unspecified atom stereocenters. The van der Waals surface area contributed by atoms with Crippen LogP contribution in [0.2, 0.25) is 0 Å². The summed E-state index contributed by atoms with van der Waals surface area (Å²) >= 11 is 0. The summed E-state index contributed by atoms with van der Waals surface area (Å²) in [6.07, 6.45) is 75.8. The maximum absolute atomic E-state index is 13.1. The molecule has 0 radical (unpaired) electrons. The van der Waals surface area contributed by atoms with E-state index >= 15 is 0 Å². The van der Waals surface area contributed by atoms with Gasteiger partial charge < -0.3 is 40.3 Å². The second-order valence-electron chi connectivity index (χ2n) is 22.2. The lowest BCUT2D eigenvalue weighted by Gasteiger charge is -2.40. The van der Waals surface area contributed by atoms with E-state index in [0.29, 0.717) is 12.8 Å². The van der Waals surface area contributed by atoms with E-state index in [9.17, 15) is 30.3 Å². The third kappa shape index (κ3) is 45.8. The molecule has 0 aromatic carbocycles. The highest BCUT2D eigenvalue weighted by molar-refractivity contribution is 5.76. The first-order valence-corrected chi connectivity index (χ1v) is 32.4. The van der Waals surface area contributed by atoms with Crippen LogP contribution in [-0.4, -0.2) is 87.5 Å². The number of rotatable bonds is 55. The van der Waals surface area contributed by atoms with E-state index in [2.05, 4.69) is 116 Å². The van der Waals surface area contributed by atoms with Gasteiger partial charge in [-0.25, -0.2) is 0 Å². The van der Waals surface area contributed by atoms with Crippen LogP contribution in [0.5, 0.6) is 0 Å². The molecule has 9 heteroatoms. The Morgan fingerprint density at radius 1 is 0.449 bits per heavy atom. The number of unbranched alkanes of at least 4 members (excludes halogenated alkanes) is 29. The summed E-state index contributed by atoms with van der Waals surface area (Å²) in [6.45, 7) is 3.74. The standard InChI is InChI=1S/C69H121NO8/c1-3-5-7-9-11-13-15-17-19-21-23-25-27-29-30-31-32-33-34-35-37-39-41-43-45-47-49-51-53-55-57-59-65(73)70-62(61-77-69-68(76)67(75)66(74)64(60-71)78-69)63(72)58-56-54-52-50-48-46-44-42-40-38-36-28-26-24-22-20-18-16-14-12-10-8-6-4-2/h5,7,11,13,17,19,23,25,29-30,32-33,35,37,41,43,62-64,66-69,71-72,74-76H,3-4,6,8-10,12,14-16,18,20-22,24,26-28,31,34,36,38-40,42,44-61H2,1-2H3,(H,70,73)/b7-5-,13-11-,19-17-,25-23-,30-29-,33-32-,37-35-,43-41-. The van der Waals surface area contributed by atoms with Crippen molar-refractivity contribution in [3.05, 3.63) is 97.2 Å². The third-order valence-electron chi connectivity index (χ3n) is 15.0. The summed E-state index contributed by atoms with van der Waals surface area (Å²) in [5, 5.41) is 54.8. The Kier molecular flexibility index (Phi) is 53.8. The number of aliphatic hydroxyl groups is 5. The number of aliphatic hydroxyl groups excluding tert-OH is 5. The van der Waals surface area contributed by atoms with Crippen molar-refractivity contribution in [3.8, 4) is 0 Å². The van der Waals surface area contributed by atoms with Crippen molar-refractivity contribution in [1.29, 1.82) is 0 Å². The zero-order valence-corrected chi connectivity index (χ0v) is 50.1. The van der Waals surface area contributed by atoms with Crippen LogP contribution in [0.3, 0.4) is 0 Å². The smallest absolute Gasteiger partial charge is 0.220 e. The lowest BCUT2D eigenvalue weighted by atomic mass is 9.99. The summed E-state index contributed by atoms with van der Waals surface area (Å²) < 4.78 is 11.3. The normalized spacial score (nSPS) is 19.3. The lowest BCUT2D eigenvalue weighted by Crippen LogP contribution is -2.60. The van der Waals surface area contributed by atoms with Crippen LogP contribution in [0.4, 0.5) is 0 Å². The predicted molar refractivity (Wildman–Crippen MR) is 331 cm³/mol. The van der Waals surface area contributed by atoms with E-state index in [4.69, 9.17) is 9.47 Å². The van der Waals surface area contributed by atoms with Gasteiger partial charge in [-0.05, 0) is 77.0 Å². The van der Waals surface area contributed by atoms with Crippen LogP contribution in [0.1, 0.15) is 277 Å². The summed E-state index contributed by atoms with van der Waals surface area (Å²) in [7, 11) is 0. The molecule has 1 fully saturated rings. The van der Waals surface area contributed by atoms with Gasteiger partial charge in [0.05, 0.1) is 25.4 Å². The summed E-state index contributed by atoms with van der Waals surface area (Å²) in [6, 6.07) is -0.736. The van der Waals surface area contributed by atoms with Crippen LogP contribution < -0.4 is 5.32 Å². The minimum Gasteiger partial charge on any atom is -0.394 e. The second-order valence-corrected chi connectivity index (χ2v) is 22.2. The Morgan fingerprint density at radius 2 is 0.795 bits per heavy atom. The number of ether oxygens (including phenoxy) is 2. The molecule has 0 spiro atoms. The van der Waals surface area contributed by atoms with Gasteiger partial charge in [-0.15, -0.1) is 0 Å². The highest BCUT2D eigenvalue weighted by Crippen LogP contribution is 2.23. The van der Waals surface area contributed by atoms with Gasteiger partial charge in [0.1, 0.15) is 24.4 Å². The van der Waals surface area contributed by atoms with E-state index in [1.54, 1.807) is 0 Å². The largest absolute Gasteiger partial charge is 0.394 e. The van der Waals surface area contributed by atoms with Gasteiger partial charge in [-0.2, -0.15) is 0 Å². The Morgan fingerprint density at radius 3 is 1.18 bits per heavy atom. The third-order valence-corrected chi connectivity index (χ3v) is 15.0. The molecule has 0 aliphatic carbocycles. The van der Waals surface area contributed by atoms with Crippen molar-refractivity contribution in [1.82, 2.24) is 5.32 Å². The minimum absolute atomic E-state index is 0.149. The molecule has 1 aliphatic heterocycles. The summed E-state index contributed by atoms with van der Waals surface area (Å²) in [5.74, 6) is -0.160. The number of carbonyl (C=O) groups is 1. The molecule has 9 nitrogen and oxygen atoms in total. The molecule has 7 atom stereocenters. The molecule has 450 valence electrons. The van der Waals surface area contributed by atoms with Crippen molar-refractivity contribution >= 4 is 5.91 Å². The number of allylic oxidation sites excluding steroid dienone is 16. The molecule has 1 rings (SSSR count). The van der Waals surface area contributed by atoms with Gasteiger partial charge in [0, 0.05) is 6.42 Å². The zero-order chi connectivity index (χ0) is 56.5. The molecule has 78 heavy (non-hydrogen) atoms. The average molecular weight is 1090 g/mol. The monoisotopic (exact) mass is 1090 g/mol. The van der Waals surface area contributed by atoms with Crippen molar-refractivity contribution < 1.29 is 39.8 Å². The van der Waals surface area contributed by atoms with Crippen molar-refractivity contribution in [2.75, 3.05) is 13.2 Å². The highest BCUT2D eigenvalue weighted by atomic mass is 16.7. The van der Waals surface area contributed by atoms with Gasteiger partial charge in [0.15, 0.2) is 6.29 Å². The van der Waals surface area contributed by atoms with E-state index in [1.165, 1.54) is 135 Å². The fraction of sp³-hybridized carbons (Fsp3) is 0.754. The summed E-state index contributed by atoms with van der Waals surface area (Å²) in [4.78, 5) is 13.1. The number of carbonyl (C=O) groups excluding carboxylic acids is 1. The van der Waals surface area contributed by atoms with Crippen LogP contribution >= 0.6 is 0 Å². The van der Waals surface area contributed by atoms with Gasteiger partial charge in [-0.3, -0.25) is 4.79 Å². The van der Waals surface area contributed by atoms with E-state index in [-0.39, 0.29) is 12.5 Å². The van der Waals surface area contributed by atoms with Crippen LogP contribution in [0.15, 0.2) is 97.2 Å². The number of amides is 1. The van der Waals surface area contributed by atoms with Crippen molar-refractivity contribution in [2.45, 2.75) is 320 Å². The van der Waals surface area contributed by atoms with Gasteiger partial charge >= 0.3 is 0 Å². The average Bonchev–Trinajstić information content (AvgIpc) is 3.45. The molecule has 0 aromatic rings. The predicted octanol–water partition coefficient (Wildman–Crippen LogP) is 17.1. The second kappa shape index (κ2) is 57.3. The van der Waals surface area contributed by atoms with Crippen LogP contribution in [0.25, 0.3) is 0 Å².